The van der Waals surface area contributed by atoms with E-state index in [4.69, 9.17) is 0 Å². The van der Waals surface area contributed by atoms with E-state index in [-0.39, 0.29) is 11.8 Å². The van der Waals surface area contributed by atoms with Gasteiger partial charge in [-0.25, -0.2) is 0 Å². The molecular formula is C16H23N3O. The number of rotatable bonds is 3. The lowest BCUT2D eigenvalue weighted by Crippen LogP contribution is -2.43. The molecule has 0 spiro atoms. The van der Waals surface area contributed by atoms with Crippen molar-refractivity contribution in [2.24, 2.45) is 0 Å². The van der Waals surface area contributed by atoms with Crippen LogP contribution in [0.1, 0.15) is 30.0 Å². The number of aryl methyl sites for hydroxylation is 1. The second-order valence-electron chi connectivity index (χ2n) is 5.79. The Hall–Kier alpha value is -1.57. The van der Waals surface area contributed by atoms with Crippen LogP contribution >= 0.6 is 0 Å². The van der Waals surface area contributed by atoms with Gasteiger partial charge >= 0.3 is 0 Å². The van der Waals surface area contributed by atoms with Crippen LogP contribution in [0.15, 0.2) is 18.2 Å². The predicted molar refractivity (Wildman–Crippen MR) is 79.5 cm³/mol. The van der Waals surface area contributed by atoms with Crippen LogP contribution in [0.3, 0.4) is 0 Å². The second kappa shape index (κ2) is 6.25. The first kappa shape index (κ1) is 14.8. The number of piperidine rings is 1. The lowest BCUT2D eigenvalue weighted by molar-refractivity contribution is 0.125. The second-order valence-corrected chi connectivity index (χ2v) is 5.79. The minimum Gasteiger partial charge on any atom is -0.508 e. The van der Waals surface area contributed by atoms with Crippen molar-refractivity contribution in [2.45, 2.75) is 31.8 Å². The molecule has 1 atom stereocenters. The molecule has 1 aromatic rings. The summed E-state index contributed by atoms with van der Waals surface area (Å²) in [5.41, 5.74) is 1.78. The molecule has 1 N–H and O–H groups in total. The highest BCUT2D eigenvalue weighted by atomic mass is 16.3. The number of hydrogen-bond donors (Lipinski definition) is 1. The molecule has 1 aliphatic heterocycles. The molecule has 0 aromatic heterocycles. The Morgan fingerprint density at radius 2 is 2.05 bits per heavy atom. The minimum absolute atomic E-state index is 0.210. The fourth-order valence-electron chi connectivity index (χ4n) is 2.89. The quantitative estimate of drug-likeness (QED) is 0.918. The summed E-state index contributed by atoms with van der Waals surface area (Å²) in [6.07, 6.45) is 2.13. The Morgan fingerprint density at radius 3 is 2.65 bits per heavy atom. The van der Waals surface area contributed by atoms with Crippen molar-refractivity contribution in [1.82, 2.24) is 9.80 Å². The molecule has 1 heterocycles. The predicted octanol–water partition coefficient (Wildman–Crippen LogP) is 2.29. The Bertz CT molecular complexity index is 501. The molecule has 1 aromatic carbocycles. The Morgan fingerprint density at radius 1 is 1.40 bits per heavy atom. The van der Waals surface area contributed by atoms with Crippen LogP contribution in [0.25, 0.3) is 0 Å². The molecule has 0 aliphatic carbocycles. The average Bonchev–Trinajstić information content (AvgIpc) is 2.44. The summed E-state index contributed by atoms with van der Waals surface area (Å²) in [6.45, 7) is 4.10. The van der Waals surface area contributed by atoms with E-state index in [9.17, 15) is 10.4 Å². The summed E-state index contributed by atoms with van der Waals surface area (Å²) in [4.78, 5) is 4.43. The van der Waals surface area contributed by atoms with E-state index in [1.165, 1.54) is 0 Å². The van der Waals surface area contributed by atoms with E-state index in [0.717, 1.165) is 31.5 Å². The SMILES string of the molecule is Cc1ccc(O)c(C(C#N)N(C)C2CCN(C)CC2)c1. The fraction of sp³-hybridized carbons (Fsp3) is 0.562. The number of hydrogen-bond acceptors (Lipinski definition) is 4. The third-order valence-corrected chi connectivity index (χ3v) is 4.27. The van der Waals surface area contributed by atoms with Crippen molar-refractivity contribution < 1.29 is 5.11 Å². The number of nitriles is 1. The van der Waals surface area contributed by atoms with Gasteiger partial charge in [-0.1, -0.05) is 11.6 Å². The smallest absolute Gasteiger partial charge is 0.127 e. The van der Waals surface area contributed by atoms with Gasteiger partial charge in [0.2, 0.25) is 0 Å². The first-order valence-corrected chi connectivity index (χ1v) is 7.12. The fourth-order valence-corrected chi connectivity index (χ4v) is 2.89. The van der Waals surface area contributed by atoms with E-state index in [0.29, 0.717) is 11.6 Å². The highest BCUT2D eigenvalue weighted by Crippen LogP contribution is 2.31. The lowest BCUT2D eigenvalue weighted by Gasteiger charge is -2.37. The van der Waals surface area contributed by atoms with E-state index in [1.807, 2.05) is 26.1 Å². The third-order valence-electron chi connectivity index (χ3n) is 4.27. The molecule has 1 fully saturated rings. The van der Waals surface area contributed by atoms with Crippen molar-refractivity contribution >= 4 is 0 Å². The minimum atomic E-state index is -0.386. The summed E-state index contributed by atoms with van der Waals surface area (Å²) in [5, 5.41) is 19.6. The zero-order chi connectivity index (χ0) is 14.7. The summed E-state index contributed by atoms with van der Waals surface area (Å²) in [7, 11) is 4.12. The maximum absolute atomic E-state index is 10.0. The third kappa shape index (κ3) is 3.12. The molecule has 1 saturated heterocycles. The van der Waals surface area contributed by atoms with Gasteiger partial charge in [-0.2, -0.15) is 5.26 Å². The van der Waals surface area contributed by atoms with Gasteiger partial charge in [-0.05, 0) is 59.1 Å². The van der Waals surface area contributed by atoms with Crippen molar-refractivity contribution in [2.75, 3.05) is 27.2 Å². The molecule has 1 aliphatic rings. The molecule has 0 saturated carbocycles. The van der Waals surface area contributed by atoms with Gasteiger partial charge in [-0.3, -0.25) is 4.90 Å². The number of likely N-dealkylation sites (tertiary alicyclic amines) is 1. The number of phenols is 1. The van der Waals surface area contributed by atoms with Crippen LogP contribution in [0.5, 0.6) is 5.75 Å². The molecule has 4 nitrogen and oxygen atoms in total. The van der Waals surface area contributed by atoms with Crippen molar-refractivity contribution in [3.05, 3.63) is 29.3 Å². The zero-order valence-electron chi connectivity index (χ0n) is 12.5. The Kier molecular flexibility index (Phi) is 4.64. The number of phenolic OH excluding ortho intramolecular Hbond substituents is 1. The van der Waals surface area contributed by atoms with Gasteiger partial charge in [0.05, 0.1) is 6.07 Å². The molecule has 4 heteroatoms. The largest absolute Gasteiger partial charge is 0.508 e. The normalized spacial score (nSPS) is 18.9. The van der Waals surface area contributed by atoms with Crippen LogP contribution in [-0.4, -0.2) is 48.1 Å². The molecular weight excluding hydrogens is 250 g/mol. The summed E-state index contributed by atoms with van der Waals surface area (Å²) >= 11 is 0. The van der Waals surface area contributed by atoms with Crippen LogP contribution < -0.4 is 0 Å². The first-order chi connectivity index (χ1) is 9.52. The van der Waals surface area contributed by atoms with E-state index >= 15 is 0 Å². The molecule has 1 unspecified atom stereocenters. The molecule has 0 bridgehead atoms. The summed E-state index contributed by atoms with van der Waals surface area (Å²) < 4.78 is 0. The van der Waals surface area contributed by atoms with Gasteiger partial charge < -0.3 is 10.0 Å². The Balaban J connectivity index is 2.19. The summed E-state index contributed by atoms with van der Waals surface area (Å²) in [6, 6.07) is 7.81. The molecule has 0 amide bonds. The van der Waals surface area contributed by atoms with Crippen LogP contribution in [0.2, 0.25) is 0 Å². The molecule has 108 valence electrons. The molecule has 0 radical (unpaired) electrons. The topological polar surface area (TPSA) is 50.5 Å². The number of aromatic hydroxyl groups is 1. The average molecular weight is 273 g/mol. The van der Waals surface area contributed by atoms with Gasteiger partial charge in [0, 0.05) is 11.6 Å². The highest BCUT2D eigenvalue weighted by Gasteiger charge is 2.28. The van der Waals surface area contributed by atoms with Crippen molar-refractivity contribution in [3.63, 3.8) is 0 Å². The monoisotopic (exact) mass is 273 g/mol. The first-order valence-electron chi connectivity index (χ1n) is 7.12. The number of benzene rings is 1. The van der Waals surface area contributed by atoms with E-state index < -0.39 is 0 Å². The highest BCUT2D eigenvalue weighted by molar-refractivity contribution is 5.40. The van der Waals surface area contributed by atoms with Gasteiger partial charge in [0.1, 0.15) is 11.8 Å². The van der Waals surface area contributed by atoms with Crippen LogP contribution in [0, 0.1) is 18.3 Å². The van der Waals surface area contributed by atoms with Crippen LogP contribution in [0.4, 0.5) is 0 Å². The van der Waals surface area contributed by atoms with E-state index in [1.54, 1.807) is 6.07 Å². The van der Waals surface area contributed by atoms with Crippen LogP contribution in [-0.2, 0) is 0 Å². The Labute approximate surface area is 121 Å². The molecule has 2 rings (SSSR count). The molecule has 20 heavy (non-hydrogen) atoms. The van der Waals surface area contributed by atoms with Gasteiger partial charge in [0.25, 0.3) is 0 Å². The lowest BCUT2D eigenvalue weighted by atomic mass is 9.98. The van der Waals surface area contributed by atoms with Crippen molar-refractivity contribution in [3.8, 4) is 11.8 Å². The van der Waals surface area contributed by atoms with Gasteiger partial charge in [-0.15, -0.1) is 0 Å². The standard InChI is InChI=1S/C16H23N3O/c1-12-4-5-16(20)14(10-12)15(11-17)19(3)13-6-8-18(2)9-7-13/h4-5,10,13,15,20H,6-9H2,1-3H3. The van der Waals surface area contributed by atoms with Gasteiger partial charge in [0.15, 0.2) is 0 Å². The van der Waals surface area contributed by atoms with Crippen molar-refractivity contribution in [1.29, 1.82) is 5.26 Å². The number of nitrogens with zero attached hydrogens (tertiary/aromatic N) is 3. The van der Waals surface area contributed by atoms with E-state index in [2.05, 4.69) is 22.9 Å². The maximum atomic E-state index is 10.0. The maximum Gasteiger partial charge on any atom is 0.127 e. The summed E-state index contributed by atoms with van der Waals surface area (Å²) in [5.74, 6) is 0.210. The zero-order valence-corrected chi connectivity index (χ0v) is 12.5.